The molecule has 2 aliphatic heterocycles. The highest BCUT2D eigenvalue weighted by molar-refractivity contribution is 5.76. The van der Waals surface area contributed by atoms with Crippen LogP contribution in [0.5, 0.6) is 17.2 Å². The minimum Gasteiger partial charge on any atom is -0.497 e. The zero-order chi connectivity index (χ0) is 20.9. The second-order valence-electron chi connectivity index (χ2n) is 7.92. The summed E-state index contributed by atoms with van der Waals surface area (Å²) < 4.78 is 16.2. The van der Waals surface area contributed by atoms with Crippen LogP contribution in [0.1, 0.15) is 23.1 Å². The SMILES string of the molecule is COc1cc(CCC(=O)N2CCN(Cc3ccc4c(c3)CCO4)CC2)cc(OC)c1. The van der Waals surface area contributed by atoms with Gasteiger partial charge in [0, 0.05) is 51.6 Å². The first-order chi connectivity index (χ1) is 14.6. The lowest BCUT2D eigenvalue weighted by Crippen LogP contribution is -2.48. The van der Waals surface area contributed by atoms with Gasteiger partial charge in [-0.2, -0.15) is 0 Å². The van der Waals surface area contributed by atoms with Crippen molar-refractivity contribution in [3.63, 3.8) is 0 Å². The molecule has 0 aromatic heterocycles. The van der Waals surface area contributed by atoms with Crippen molar-refractivity contribution >= 4 is 5.91 Å². The van der Waals surface area contributed by atoms with Crippen LogP contribution in [0, 0.1) is 0 Å². The molecule has 0 radical (unpaired) electrons. The Hall–Kier alpha value is -2.73. The van der Waals surface area contributed by atoms with E-state index in [-0.39, 0.29) is 5.91 Å². The molecule has 0 unspecified atom stereocenters. The monoisotopic (exact) mass is 410 g/mol. The number of nitrogens with zero attached hydrogens (tertiary/aromatic N) is 2. The number of aryl methyl sites for hydroxylation is 1. The van der Waals surface area contributed by atoms with Crippen LogP contribution in [0.4, 0.5) is 0 Å². The number of methoxy groups -OCH3 is 2. The maximum atomic E-state index is 12.7. The molecule has 30 heavy (non-hydrogen) atoms. The van der Waals surface area contributed by atoms with Gasteiger partial charge in [0.25, 0.3) is 0 Å². The van der Waals surface area contributed by atoms with Crippen LogP contribution < -0.4 is 14.2 Å². The van der Waals surface area contributed by atoms with E-state index in [4.69, 9.17) is 14.2 Å². The Labute approximate surface area is 178 Å². The summed E-state index contributed by atoms with van der Waals surface area (Å²) in [7, 11) is 3.28. The molecule has 2 aromatic carbocycles. The third-order valence-electron chi connectivity index (χ3n) is 5.92. The van der Waals surface area contributed by atoms with Crippen molar-refractivity contribution in [2.45, 2.75) is 25.8 Å². The quantitative estimate of drug-likeness (QED) is 0.703. The third-order valence-corrected chi connectivity index (χ3v) is 5.92. The first-order valence-corrected chi connectivity index (χ1v) is 10.6. The predicted octanol–water partition coefficient (Wildman–Crippen LogP) is 2.92. The molecule has 6 heteroatoms. The van der Waals surface area contributed by atoms with Gasteiger partial charge in [0.1, 0.15) is 17.2 Å². The molecule has 2 aromatic rings. The molecule has 0 aliphatic carbocycles. The topological polar surface area (TPSA) is 51.2 Å². The Kier molecular flexibility index (Phi) is 6.43. The van der Waals surface area contributed by atoms with E-state index in [1.165, 1.54) is 11.1 Å². The number of amides is 1. The average Bonchev–Trinajstić information content (AvgIpc) is 3.25. The Morgan fingerprint density at radius 3 is 2.40 bits per heavy atom. The van der Waals surface area contributed by atoms with Crippen LogP contribution in [0.2, 0.25) is 0 Å². The summed E-state index contributed by atoms with van der Waals surface area (Å²) in [5, 5.41) is 0. The van der Waals surface area contributed by atoms with Gasteiger partial charge in [-0.15, -0.1) is 0 Å². The number of benzene rings is 2. The summed E-state index contributed by atoms with van der Waals surface area (Å²) in [6.07, 6.45) is 2.19. The van der Waals surface area contributed by atoms with Crippen LogP contribution in [0.15, 0.2) is 36.4 Å². The van der Waals surface area contributed by atoms with Gasteiger partial charge in [-0.05, 0) is 41.3 Å². The highest BCUT2D eigenvalue weighted by atomic mass is 16.5. The van der Waals surface area contributed by atoms with Gasteiger partial charge in [0.05, 0.1) is 20.8 Å². The molecule has 1 amide bonds. The van der Waals surface area contributed by atoms with Gasteiger partial charge in [0.15, 0.2) is 0 Å². The highest BCUT2D eigenvalue weighted by Gasteiger charge is 2.21. The van der Waals surface area contributed by atoms with Crippen LogP contribution in [0.3, 0.4) is 0 Å². The number of fused-ring (bicyclic) bond motifs is 1. The zero-order valence-electron chi connectivity index (χ0n) is 17.9. The van der Waals surface area contributed by atoms with Crippen molar-refractivity contribution < 1.29 is 19.0 Å². The summed E-state index contributed by atoms with van der Waals surface area (Å²) in [4.78, 5) is 17.1. The molecule has 2 heterocycles. The van der Waals surface area contributed by atoms with Crippen molar-refractivity contribution in [1.29, 1.82) is 0 Å². The van der Waals surface area contributed by atoms with Crippen LogP contribution in [-0.2, 0) is 24.2 Å². The van der Waals surface area contributed by atoms with Gasteiger partial charge < -0.3 is 19.1 Å². The van der Waals surface area contributed by atoms with Gasteiger partial charge in [-0.3, -0.25) is 9.69 Å². The number of hydrogen-bond donors (Lipinski definition) is 0. The van der Waals surface area contributed by atoms with E-state index in [1.54, 1.807) is 14.2 Å². The minimum absolute atomic E-state index is 0.214. The Morgan fingerprint density at radius 1 is 0.967 bits per heavy atom. The molecule has 6 nitrogen and oxygen atoms in total. The third kappa shape index (κ3) is 4.87. The number of hydrogen-bond acceptors (Lipinski definition) is 5. The molecule has 0 spiro atoms. The molecular weight excluding hydrogens is 380 g/mol. The second kappa shape index (κ2) is 9.39. The fraction of sp³-hybridized carbons (Fsp3) is 0.458. The van der Waals surface area contributed by atoms with E-state index in [0.29, 0.717) is 12.8 Å². The molecule has 0 atom stereocenters. The number of piperazine rings is 1. The smallest absolute Gasteiger partial charge is 0.222 e. The molecule has 1 saturated heterocycles. The predicted molar refractivity (Wildman–Crippen MR) is 115 cm³/mol. The van der Waals surface area contributed by atoms with E-state index >= 15 is 0 Å². The maximum Gasteiger partial charge on any atom is 0.222 e. The normalized spacial score (nSPS) is 16.1. The van der Waals surface area contributed by atoms with Crippen molar-refractivity contribution in [2.75, 3.05) is 47.0 Å². The number of carbonyl (C=O) groups is 1. The Bertz CT molecular complexity index is 869. The number of carbonyl (C=O) groups excluding carboxylic acids is 1. The standard InChI is InChI=1S/C24H30N2O4/c1-28-21-14-18(15-22(16-21)29-2)4-6-24(27)26-10-8-25(9-11-26)17-19-3-5-23-20(13-19)7-12-30-23/h3,5,13-16H,4,6-12,17H2,1-2H3. The largest absolute Gasteiger partial charge is 0.497 e. The van der Waals surface area contributed by atoms with E-state index in [2.05, 4.69) is 23.1 Å². The second-order valence-corrected chi connectivity index (χ2v) is 7.92. The summed E-state index contributed by atoms with van der Waals surface area (Å²) in [6, 6.07) is 12.3. The van der Waals surface area contributed by atoms with Crippen molar-refractivity contribution in [2.24, 2.45) is 0 Å². The molecule has 4 rings (SSSR count). The molecule has 160 valence electrons. The van der Waals surface area contributed by atoms with Crippen LogP contribution >= 0.6 is 0 Å². The Morgan fingerprint density at radius 2 is 1.70 bits per heavy atom. The van der Waals surface area contributed by atoms with Gasteiger partial charge in [0.2, 0.25) is 5.91 Å². The first-order valence-electron chi connectivity index (χ1n) is 10.6. The van der Waals surface area contributed by atoms with Gasteiger partial charge >= 0.3 is 0 Å². The zero-order valence-corrected chi connectivity index (χ0v) is 17.9. The summed E-state index contributed by atoms with van der Waals surface area (Å²) in [6.45, 7) is 5.11. The molecular formula is C24H30N2O4. The lowest BCUT2D eigenvalue weighted by atomic mass is 10.1. The van der Waals surface area contributed by atoms with Crippen molar-refractivity contribution in [3.8, 4) is 17.2 Å². The summed E-state index contributed by atoms with van der Waals surface area (Å²) in [5.41, 5.74) is 3.69. The van der Waals surface area contributed by atoms with Crippen molar-refractivity contribution in [3.05, 3.63) is 53.1 Å². The van der Waals surface area contributed by atoms with Crippen LogP contribution in [0.25, 0.3) is 0 Å². The molecule has 0 saturated carbocycles. The number of ether oxygens (including phenoxy) is 3. The molecule has 1 fully saturated rings. The van der Waals surface area contributed by atoms with Gasteiger partial charge in [-0.25, -0.2) is 0 Å². The first kappa shape index (κ1) is 20.5. The number of rotatable bonds is 7. The van der Waals surface area contributed by atoms with Gasteiger partial charge in [-0.1, -0.05) is 12.1 Å². The Balaban J connectivity index is 1.25. The lowest BCUT2D eigenvalue weighted by Gasteiger charge is -2.35. The van der Waals surface area contributed by atoms with E-state index in [9.17, 15) is 4.79 Å². The lowest BCUT2D eigenvalue weighted by molar-refractivity contribution is -0.133. The fourth-order valence-electron chi connectivity index (χ4n) is 4.17. The molecule has 0 N–H and O–H groups in total. The average molecular weight is 411 g/mol. The van der Waals surface area contributed by atoms with E-state index in [1.807, 2.05) is 23.1 Å². The highest BCUT2D eigenvalue weighted by Crippen LogP contribution is 2.27. The maximum absolute atomic E-state index is 12.7. The van der Waals surface area contributed by atoms with Crippen molar-refractivity contribution in [1.82, 2.24) is 9.80 Å². The molecule has 0 bridgehead atoms. The van der Waals surface area contributed by atoms with Crippen LogP contribution in [-0.4, -0.2) is 62.7 Å². The van der Waals surface area contributed by atoms with E-state index in [0.717, 1.165) is 68.6 Å². The fourth-order valence-corrected chi connectivity index (χ4v) is 4.17. The van der Waals surface area contributed by atoms with E-state index < -0.39 is 0 Å². The molecule has 2 aliphatic rings. The summed E-state index contributed by atoms with van der Waals surface area (Å²) in [5.74, 6) is 2.75. The minimum atomic E-state index is 0.214. The summed E-state index contributed by atoms with van der Waals surface area (Å²) >= 11 is 0.